The van der Waals surface area contributed by atoms with Gasteiger partial charge in [-0.05, 0) is 48.5 Å². The SMILES string of the molecule is COC(=O)c1ccc(NC(=O)Cn2cnc(-c3ccc(F)cc3)cc2=O)cc1. The summed E-state index contributed by atoms with van der Waals surface area (Å²) in [5.41, 5.74) is 1.41. The molecule has 8 heteroatoms. The van der Waals surface area contributed by atoms with Crippen molar-refractivity contribution < 1.29 is 18.7 Å². The summed E-state index contributed by atoms with van der Waals surface area (Å²) in [5, 5.41) is 2.63. The number of methoxy groups -OCH3 is 1. The number of nitrogens with zero attached hydrogens (tertiary/aromatic N) is 2. The summed E-state index contributed by atoms with van der Waals surface area (Å²) in [6, 6.07) is 13.0. The highest BCUT2D eigenvalue weighted by Crippen LogP contribution is 2.15. The number of carbonyl (C=O) groups is 2. The summed E-state index contributed by atoms with van der Waals surface area (Å²) in [6.07, 6.45) is 1.26. The van der Waals surface area contributed by atoms with Gasteiger partial charge in [0, 0.05) is 17.3 Å². The molecule has 0 atom stereocenters. The predicted molar refractivity (Wildman–Crippen MR) is 100 cm³/mol. The lowest BCUT2D eigenvalue weighted by atomic mass is 10.1. The van der Waals surface area contributed by atoms with Crippen molar-refractivity contribution in [1.82, 2.24) is 9.55 Å². The number of ether oxygens (including phenoxy) is 1. The number of esters is 1. The average molecular weight is 381 g/mol. The van der Waals surface area contributed by atoms with Gasteiger partial charge in [-0.2, -0.15) is 0 Å². The van der Waals surface area contributed by atoms with Crippen LogP contribution in [0.1, 0.15) is 10.4 Å². The standard InChI is InChI=1S/C20H16FN3O4/c1-28-20(27)14-4-8-16(9-5-14)23-18(25)11-24-12-22-17(10-19(24)26)13-2-6-15(21)7-3-13/h2-10,12H,11H2,1H3,(H,23,25). The number of hydrogen-bond donors (Lipinski definition) is 1. The van der Waals surface area contributed by atoms with Gasteiger partial charge in [0.25, 0.3) is 5.56 Å². The molecule has 3 aromatic rings. The van der Waals surface area contributed by atoms with Gasteiger partial charge in [-0.25, -0.2) is 14.2 Å². The molecular weight excluding hydrogens is 365 g/mol. The number of amides is 1. The normalized spacial score (nSPS) is 10.4. The number of nitrogens with one attached hydrogen (secondary N) is 1. The van der Waals surface area contributed by atoms with Gasteiger partial charge in [0.15, 0.2) is 0 Å². The van der Waals surface area contributed by atoms with Crippen LogP contribution in [0.15, 0.2) is 65.7 Å². The van der Waals surface area contributed by atoms with Crippen molar-refractivity contribution in [2.45, 2.75) is 6.54 Å². The van der Waals surface area contributed by atoms with E-state index in [9.17, 15) is 18.8 Å². The second-order valence-electron chi connectivity index (χ2n) is 5.86. The van der Waals surface area contributed by atoms with Crippen LogP contribution in [-0.2, 0) is 16.1 Å². The van der Waals surface area contributed by atoms with E-state index >= 15 is 0 Å². The summed E-state index contributed by atoms with van der Waals surface area (Å²) >= 11 is 0. The molecule has 3 rings (SSSR count). The Balaban J connectivity index is 1.68. The van der Waals surface area contributed by atoms with Crippen LogP contribution in [0.25, 0.3) is 11.3 Å². The molecule has 0 unspecified atom stereocenters. The van der Waals surface area contributed by atoms with E-state index in [4.69, 9.17) is 0 Å². The monoisotopic (exact) mass is 381 g/mol. The lowest BCUT2D eigenvalue weighted by molar-refractivity contribution is -0.116. The largest absolute Gasteiger partial charge is 0.465 e. The fraction of sp³-hybridized carbons (Fsp3) is 0.100. The van der Waals surface area contributed by atoms with Crippen molar-refractivity contribution >= 4 is 17.6 Å². The van der Waals surface area contributed by atoms with Gasteiger partial charge in [-0.3, -0.25) is 14.2 Å². The molecule has 1 N–H and O–H groups in total. The van der Waals surface area contributed by atoms with E-state index in [-0.39, 0.29) is 12.4 Å². The molecule has 2 aromatic carbocycles. The summed E-state index contributed by atoms with van der Waals surface area (Å²) in [7, 11) is 1.28. The minimum atomic E-state index is -0.475. The molecule has 142 valence electrons. The molecule has 1 aromatic heterocycles. The Morgan fingerprint density at radius 3 is 2.39 bits per heavy atom. The van der Waals surface area contributed by atoms with Crippen molar-refractivity contribution in [3.8, 4) is 11.3 Å². The zero-order chi connectivity index (χ0) is 20.1. The minimum Gasteiger partial charge on any atom is -0.465 e. The Labute approximate surface area is 159 Å². The average Bonchev–Trinajstić information content (AvgIpc) is 2.70. The van der Waals surface area contributed by atoms with Crippen LogP contribution in [0.4, 0.5) is 10.1 Å². The molecule has 0 aliphatic rings. The fourth-order valence-electron chi connectivity index (χ4n) is 2.49. The van der Waals surface area contributed by atoms with Gasteiger partial charge in [-0.1, -0.05) is 0 Å². The van der Waals surface area contributed by atoms with E-state index in [1.807, 2.05) is 0 Å². The van der Waals surface area contributed by atoms with Crippen LogP contribution >= 0.6 is 0 Å². The van der Waals surface area contributed by atoms with Gasteiger partial charge >= 0.3 is 5.97 Å². The molecule has 0 saturated carbocycles. The van der Waals surface area contributed by atoms with Crippen LogP contribution in [0.5, 0.6) is 0 Å². The Hall–Kier alpha value is -3.81. The zero-order valence-corrected chi connectivity index (χ0v) is 14.9. The first-order chi connectivity index (χ1) is 13.5. The number of aromatic nitrogens is 2. The number of anilines is 1. The first-order valence-corrected chi connectivity index (χ1v) is 8.27. The third kappa shape index (κ3) is 4.47. The summed E-state index contributed by atoms with van der Waals surface area (Å²) < 4.78 is 18.8. The molecule has 0 aliphatic carbocycles. The molecule has 0 aliphatic heterocycles. The number of rotatable bonds is 5. The van der Waals surface area contributed by atoms with Crippen molar-refractivity contribution in [2.24, 2.45) is 0 Å². The number of hydrogen-bond acceptors (Lipinski definition) is 5. The van der Waals surface area contributed by atoms with E-state index in [2.05, 4.69) is 15.0 Å². The molecule has 7 nitrogen and oxygen atoms in total. The maximum absolute atomic E-state index is 13.0. The van der Waals surface area contributed by atoms with Crippen LogP contribution < -0.4 is 10.9 Å². The first-order valence-electron chi connectivity index (χ1n) is 8.27. The summed E-state index contributed by atoms with van der Waals surface area (Å²) in [5.74, 6) is -1.28. The lowest BCUT2D eigenvalue weighted by Gasteiger charge is -2.08. The Morgan fingerprint density at radius 1 is 1.11 bits per heavy atom. The van der Waals surface area contributed by atoms with E-state index < -0.39 is 17.4 Å². The molecule has 0 fully saturated rings. The summed E-state index contributed by atoms with van der Waals surface area (Å²) in [6.45, 7) is -0.228. The maximum atomic E-state index is 13.0. The zero-order valence-electron chi connectivity index (χ0n) is 14.9. The lowest BCUT2D eigenvalue weighted by Crippen LogP contribution is -2.27. The van der Waals surface area contributed by atoms with E-state index in [0.29, 0.717) is 22.5 Å². The van der Waals surface area contributed by atoms with Gasteiger partial charge in [0.2, 0.25) is 5.91 Å². The Bertz CT molecular complexity index is 1060. The summed E-state index contributed by atoms with van der Waals surface area (Å²) in [4.78, 5) is 40.0. The third-order valence-corrected chi connectivity index (χ3v) is 3.92. The van der Waals surface area contributed by atoms with Gasteiger partial charge in [0.1, 0.15) is 12.4 Å². The molecule has 0 radical (unpaired) electrons. The fourth-order valence-corrected chi connectivity index (χ4v) is 2.49. The van der Waals surface area contributed by atoms with Gasteiger partial charge in [-0.15, -0.1) is 0 Å². The molecule has 0 spiro atoms. The second kappa shape index (κ2) is 8.26. The smallest absolute Gasteiger partial charge is 0.337 e. The Morgan fingerprint density at radius 2 is 1.79 bits per heavy atom. The van der Waals surface area contributed by atoms with Crippen molar-refractivity contribution in [3.05, 3.63) is 82.7 Å². The molecule has 28 heavy (non-hydrogen) atoms. The van der Waals surface area contributed by atoms with Crippen LogP contribution in [-0.4, -0.2) is 28.5 Å². The third-order valence-electron chi connectivity index (χ3n) is 3.92. The van der Waals surface area contributed by atoms with Crippen molar-refractivity contribution in [2.75, 3.05) is 12.4 Å². The van der Waals surface area contributed by atoms with Gasteiger partial charge in [0.05, 0.1) is 24.7 Å². The van der Waals surface area contributed by atoms with E-state index in [1.54, 1.807) is 12.1 Å². The highest BCUT2D eigenvalue weighted by Gasteiger charge is 2.09. The first kappa shape index (κ1) is 19.0. The molecule has 0 saturated heterocycles. The second-order valence-corrected chi connectivity index (χ2v) is 5.86. The van der Waals surface area contributed by atoms with Crippen LogP contribution in [0.2, 0.25) is 0 Å². The van der Waals surface area contributed by atoms with Crippen LogP contribution in [0, 0.1) is 5.82 Å². The number of carbonyl (C=O) groups excluding carboxylic acids is 2. The van der Waals surface area contributed by atoms with E-state index in [0.717, 1.165) is 4.57 Å². The highest BCUT2D eigenvalue weighted by molar-refractivity contribution is 5.92. The molecule has 0 bridgehead atoms. The van der Waals surface area contributed by atoms with Crippen molar-refractivity contribution in [3.63, 3.8) is 0 Å². The number of benzene rings is 2. The maximum Gasteiger partial charge on any atom is 0.337 e. The minimum absolute atomic E-state index is 0.228. The number of halogens is 1. The highest BCUT2D eigenvalue weighted by atomic mass is 19.1. The molecule has 1 amide bonds. The quantitative estimate of drug-likeness (QED) is 0.686. The topological polar surface area (TPSA) is 90.3 Å². The van der Waals surface area contributed by atoms with Gasteiger partial charge < -0.3 is 10.1 Å². The van der Waals surface area contributed by atoms with E-state index in [1.165, 1.54) is 55.9 Å². The predicted octanol–water partition coefficient (Wildman–Crippen LogP) is 2.47. The molecular formula is C20H16FN3O4. The Kier molecular flexibility index (Phi) is 5.59. The van der Waals surface area contributed by atoms with Crippen molar-refractivity contribution in [1.29, 1.82) is 0 Å². The van der Waals surface area contributed by atoms with Crippen LogP contribution in [0.3, 0.4) is 0 Å². The molecule has 1 heterocycles.